The predicted molar refractivity (Wildman–Crippen MR) is 85.0 cm³/mol. The molecule has 4 nitrogen and oxygen atoms in total. The molecule has 0 amide bonds. The number of rotatable bonds is 5. The third-order valence-corrected chi connectivity index (χ3v) is 3.59. The summed E-state index contributed by atoms with van der Waals surface area (Å²) < 4.78 is 7.40. The number of benzene rings is 1. The summed E-state index contributed by atoms with van der Waals surface area (Å²) in [6.45, 7) is 4.94. The van der Waals surface area contributed by atoms with Crippen LogP contribution in [0.25, 0.3) is 17.0 Å². The molecule has 0 aliphatic carbocycles. The average Bonchev–Trinajstić information content (AvgIpc) is 2.69. The molecule has 1 heterocycles. The second-order valence-electron chi connectivity index (χ2n) is 5.24. The average molecular weight is 308 g/mol. The van der Waals surface area contributed by atoms with Crippen LogP contribution in [0, 0.1) is 5.92 Å². The first-order chi connectivity index (χ1) is 9.95. The van der Waals surface area contributed by atoms with Crippen molar-refractivity contribution in [3.63, 3.8) is 0 Å². The lowest BCUT2D eigenvalue weighted by Crippen LogP contribution is -2.05. The number of aromatic nitrogens is 1. The highest BCUT2D eigenvalue weighted by molar-refractivity contribution is 6.33. The van der Waals surface area contributed by atoms with Crippen molar-refractivity contribution < 1.29 is 14.6 Å². The van der Waals surface area contributed by atoms with Crippen LogP contribution in [0.1, 0.15) is 19.4 Å². The highest BCUT2D eigenvalue weighted by atomic mass is 35.5. The van der Waals surface area contributed by atoms with Gasteiger partial charge in [0.1, 0.15) is 10.9 Å². The van der Waals surface area contributed by atoms with Crippen LogP contribution >= 0.6 is 11.6 Å². The molecule has 112 valence electrons. The van der Waals surface area contributed by atoms with Gasteiger partial charge in [-0.3, -0.25) is 0 Å². The van der Waals surface area contributed by atoms with E-state index in [1.54, 1.807) is 7.11 Å². The van der Waals surface area contributed by atoms with Crippen LogP contribution in [0.5, 0.6) is 5.75 Å². The van der Waals surface area contributed by atoms with Gasteiger partial charge in [-0.05, 0) is 18.1 Å². The summed E-state index contributed by atoms with van der Waals surface area (Å²) in [7, 11) is 1.61. The topological polar surface area (TPSA) is 51.5 Å². The lowest BCUT2D eigenvalue weighted by Gasteiger charge is -2.12. The van der Waals surface area contributed by atoms with Crippen molar-refractivity contribution in [3.8, 4) is 5.75 Å². The predicted octanol–water partition coefficient (Wildman–Crippen LogP) is 4.06. The number of carboxylic acids is 1. The summed E-state index contributed by atoms with van der Waals surface area (Å²) in [6.07, 6.45) is 2.63. The van der Waals surface area contributed by atoms with E-state index in [0.29, 0.717) is 16.6 Å². The maximum absolute atomic E-state index is 10.8. The molecule has 0 saturated carbocycles. The van der Waals surface area contributed by atoms with Crippen LogP contribution < -0.4 is 4.74 Å². The molecule has 0 atom stereocenters. The first-order valence-corrected chi connectivity index (χ1v) is 7.09. The maximum Gasteiger partial charge on any atom is 0.328 e. The molecule has 1 N–H and O–H groups in total. The van der Waals surface area contributed by atoms with E-state index >= 15 is 0 Å². The molecule has 0 spiro atoms. The molecule has 1 aromatic carbocycles. The number of carbonyl (C=O) groups is 1. The van der Waals surface area contributed by atoms with Crippen molar-refractivity contribution in [2.24, 2.45) is 5.92 Å². The summed E-state index contributed by atoms with van der Waals surface area (Å²) in [5, 5.41) is 10.2. The van der Waals surface area contributed by atoms with Crippen molar-refractivity contribution in [1.29, 1.82) is 0 Å². The summed E-state index contributed by atoms with van der Waals surface area (Å²) in [5.74, 6) is 0.128. The minimum Gasteiger partial charge on any atom is -0.495 e. The van der Waals surface area contributed by atoms with Crippen LogP contribution in [0.4, 0.5) is 0 Å². The smallest absolute Gasteiger partial charge is 0.328 e. The van der Waals surface area contributed by atoms with E-state index < -0.39 is 5.97 Å². The number of halogens is 1. The Balaban J connectivity index is 2.75. The Kier molecular flexibility index (Phi) is 4.58. The Morgan fingerprint density at radius 2 is 2.19 bits per heavy atom. The van der Waals surface area contributed by atoms with Crippen LogP contribution in [0.15, 0.2) is 24.3 Å². The Morgan fingerprint density at radius 1 is 1.48 bits per heavy atom. The first kappa shape index (κ1) is 15.4. The number of hydrogen-bond acceptors (Lipinski definition) is 2. The normalized spacial score (nSPS) is 11.7. The van der Waals surface area contributed by atoms with Crippen molar-refractivity contribution in [2.75, 3.05) is 7.11 Å². The van der Waals surface area contributed by atoms with Crippen molar-refractivity contribution >= 4 is 34.5 Å². The number of carboxylic acid groups (broad SMARTS) is 1. The van der Waals surface area contributed by atoms with Gasteiger partial charge in [-0.25, -0.2) is 4.79 Å². The maximum atomic E-state index is 10.8. The van der Waals surface area contributed by atoms with E-state index in [9.17, 15) is 4.79 Å². The van der Waals surface area contributed by atoms with E-state index in [2.05, 4.69) is 13.8 Å². The highest BCUT2D eigenvalue weighted by Gasteiger charge is 2.18. The van der Waals surface area contributed by atoms with E-state index in [0.717, 1.165) is 29.3 Å². The van der Waals surface area contributed by atoms with Gasteiger partial charge >= 0.3 is 5.97 Å². The molecule has 0 aliphatic heterocycles. The Labute approximate surface area is 128 Å². The number of para-hydroxylation sites is 1. The van der Waals surface area contributed by atoms with Gasteiger partial charge in [-0.15, -0.1) is 0 Å². The fourth-order valence-corrected chi connectivity index (χ4v) is 2.71. The Hall–Kier alpha value is -1.94. The van der Waals surface area contributed by atoms with Crippen LogP contribution in [0.3, 0.4) is 0 Å². The largest absolute Gasteiger partial charge is 0.495 e. The quantitative estimate of drug-likeness (QED) is 0.848. The fourth-order valence-electron chi connectivity index (χ4n) is 2.39. The SMILES string of the molecule is COc1cccc2c(/C=C/C(=O)O)c(Cl)n(CC(C)C)c12. The standard InChI is InChI=1S/C16H18ClNO3/c1-10(2)9-18-15-11(5-4-6-13(15)21-3)12(16(18)17)7-8-14(19)20/h4-8,10H,9H2,1-3H3,(H,19,20)/b8-7+. The molecule has 0 radical (unpaired) electrons. The molecule has 2 aromatic rings. The lowest BCUT2D eigenvalue weighted by atomic mass is 10.1. The zero-order valence-corrected chi connectivity index (χ0v) is 13.0. The minimum atomic E-state index is -1.00. The summed E-state index contributed by atoms with van der Waals surface area (Å²) in [4.78, 5) is 10.8. The van der Waals surface area contributed by atoms with Crippen LogP contribution in [-0.2, 0) is 11.3 Å². The first-order valence-electron chi connectivity index (χ1n) is 6.71. The molecule has 5 heteroatoms. The molecule has 0 saturated heterocycles. The van der Waals surface area contributed by atoms with Gasteiger partial charge in [-0.1, -0.05) is 37.6 Å². The van der Waals surface area contributed by atoms with Crippen molar-refractivity contribution in [3.05, 3.63) is 35.0 Å². The van der Waals surface area contributed by atoms with Gasteiger partial charge in [-0.2, -0.15) is 0 Å². The number of aliphatic carboxylic acids is 1. The molecule has 2 rings (SSSR count). The van der Waals surface area contributed by atoms with E-state index in [1.807, 2.05) is 22.8 Å². The third-order valence-electron chi connectivity index (χ3n) is 3.18. The summed E-state index contributed by atoms with van der Waals surface area (Å²) in [6, 6.07) is 5.66. The van der Waals surface area contributed by atoms with Gasteiger partial charge in [0.25, 0.3) is 0 Å². The molecular formula is C16H18ClNO3. The summed E-state index contributed by atoms with van der Waals surface area (Å²) in [5.41, 5.74) is 1.59. The third kappa shape index (κ3) is 3.05. The molecule has 0 fully saturated rings. The monoisotopic (exact) mass is 307 g/mol. The molecule has 0 bridgehead atoms. The lowest BCUT2D eigenvalue weighted by molar-refractivity contribution is -0.131. The van der Waals surface area contributed by atoms with E-state index in [1.165, 1.54) is 6.08 Å². The van der Waals surface area contributed by atoms with Gasteiger partial charge in [0, 0.05) is 23.6 Å². The second-order valence-corrected chi connectivity index (χ2v) is 5.59. The Morgan fingerprint density at radius 3 is 2.76 bits per heavy atom. The van der Waals surface area contributed by atoms with Crippen LogP contribution in [-0.4, -0.2) is 22.8 Å². The molecule has 0 aliphatic rings. The minimum absolute atomic E-state index is 0.402. The van der Waals surface area contributed by atoms with E-state index in [-0.39, 0.29) is 0 Å². The van der Waals surface area contributed by atoms with E-state index in [4.69, 9.17) is 21.4 Å². The number of ether oxygens (including phenoxy) is 1. The zero-order valence-electron chi connectivity index (χ0n) is 12.3. The van der Waals surface area contributed by atoms with Crippen molar-refractivity contribution in [1.82, 2.24) is 4.57 Å². The molecule has 0 unspecified atom stereocenters. The molecule has 1 aromatic heterocycles. The fraction of sp³-hybridized carbons (Fsp3) is 0.312. The number of methoxy groups -OCH3 is 1. The number of fused-ring (bicyclic) bond motifs is 1. The van der Waals surface area contributed by atoms with Gasteiger partial charge in [0.05, 0.1) is 12.6 Å². The molecule has 21 heavy (non-hydrogen) atoms. The summed E-state index contributed by atoms with van der Waals surface area (Å²) >= 11 is 6.47. The van der Waals surface area contributed by atoms with Crippen LogP contribution in [0.2, 0.25) is 5.15 Å². The number of nitrogens with zero attached hydrogens (tertiary/aromatic N) is 1. The van der Waals surface area contributed by atoms with Gasteiger partial charge < -0.3 is 14.4 Å². The highest BCUT2D eigenvalue weighted by Crippen LogP contribution is 2.36. The van der Waals surface area contributed by atoms with Crippen molar-refractivity contribution in [2.45, 2.75) is 20.4 Å². The molecular weight excluding hydrogens is 290 g/mol. The van der Waals surface area contributed by atoms with Gasteiger partial charge in [0.2, 0.25) is 0 Å². The van der Waals surface area contributed by atoms with Gasteiger partial charge in [0.15, 0.2) is 0 Å². The Bertz CT molecular complexity index is 701. The second kappa shape index (κ2) is 6.22. The zero-order chi connectivity index (χ0) is 15.6. The number of hydrogen-bond donors (Lipinski definition) is 1.